The van der Waals surface area contributed by atoms with Crippen molar-refractivity contribution in [1.82, 2.24) is 19.5 Å². The van der Waals surface area contributed by atoms with Gasteiger partial charge < -0.3 is 4.74 Å². The molecule has 0 unspecified atom stereocenters. The number of rotatable bonds is 5. The number of nitrogens with zero attached hydrogens (tertiary/aromatic N) is 4. The maximum absolute atomic E-state index is 13.6. The van der Waals surface area contributed by atoms with Crippen LogP contribution < -0.4 is 10.3 Å². The molecule has 3 heterocycles. The van der Waals surface area contributed by atoms with Crippen LogP contribution in [0.3, 0.4) is 0 Å². The summed E-state index contributed by atoms with van der Waals surface area (Å²) < 4.78 is 20.0. The van der Waals surface area contributed by atoms with E-state index in [2.05, 4.69) is 15.0 Å². The largest absolute Gasteiger partial charge is 0.488 e. The number of hydrogen-bond acceptors (Lipinski definition) is 5. The first-order chi connectivity index (χ1) is 18.0. The molecule has 0 aliphatic heterocycles. The Morgan fingerprint density at radius 1 is 1.00 bits per heavy atom. The number of benzene rings is 1. The molecular formula is C30H33FN4O2. The van der Waals surface area contributed by atoms with Gasteiger partial charge in [-0.05, 0) is 81.3 Å². The fourth-order valence-corrected chi connectivity index (χ4v) is 4.86. The quantitative estimate of drug-likeness (QED) is 0.323. The van der Waals surface area contributed by atoms with Gasteiger partial charge in [0, 0.05) is 18.0 Å². The van der Waals surface area contributed by atoms with E-state index in [-0.39, 0.29) is 17.5 Å². The third-order valence-electron chi connectivity index (χ3n) is 6.94. The van der Waals surface area contributed by atoms with E-state index in [4.69, 9.17) is 4.74 Å². The summed E-state index contributed by atoms with van der Waals surface area (Å²) in [6, 6.07) is 12.3. The first-order valence-electron chi connectivity index (χ1n) is 13.2. The van der Waals surface area contributed by atoms with E-state index in [1.807, 2.05) is 38.1 Å². The molecule has 3 aromatic heterocycles. The van der Waals surface area contributed by atoms with Gasteiger partial charge >= 0.3 is 0 Å². The van der Waals surface area contributed by atoms with Crippen LogP contribution in [0.1, 0.15) is 73.4 Å². The van der Waals surface area contributed by atoms with Crippen LogP contribution in [-0.2, 0) is 6.54 Å². The van der Waals surface area contributed by atoms with Crippen LogP contribution in [0.15, 0.2) is 59.7 Å². The molecule has 1 aromatic carbocycles. The lowest BCUT2D eigenvalue weighted by atomic mass is 9.84. The van der Waals surface area contributed by atoms with Crippen molar-refractivity contribution in [2.75, 3.05) is 0 Å². The van der Waals surface area contributed by atoms with Gasteiger partial charge in [-0.3, -0.25) is 19.3 Å². The molecule has 7 heteroatoms. The van der Waals surface area contributed by atoms with Gasteiger partial charge in [-0.1, -0.05) is 31.4 Å². The molecule has 0 radical (unpaired) electrons. The molecule has 0 bridgehead atoms. The van der Waals surface area contributed by atoms with Crippen molar-refractivity contribution in [3.05, 3.63) is 93.5 Å². The van der Waals surface area contributed by atoms with Crippen LogP contribution >= 0.6 is 0 Å². The molecule has 0 spiro atoms. The SMILES string of the molecule is Cc1cccc(F)c1.Cc1cnc2cc(C3CCCCC3)c(=O)n(Cc3ncccc3OC3CC3)c2n1. The Hall–Kier alpha value is -3.61. The standard InChI is InChI=1S/C23H26N4O2.C7H7F/c1-15-13-25-19-12-18(16-6-3-2-4-7-16)23(28)27(22(19)26-15)14-20-21(8-5-11-24-20)29-17-9-10-17;1-6-3-2-4-7(8)5-6/h5,8,11-13,16-17H,2-4,6-7,9-10,14H2,1H3;2-5H,1H3. The van der Waals surface area contributed by atoms with Crippen LogP contribution in [0, 0.1) is 19.7 Å². The molecule has 192 valence electrons. The number of hydrogen-bond donors (Lipinski definition) is 0. The molecule has 2 saturated carbocycles. The highest BCUT2D eigenvalue weighted by molar-refractivity contribution is 5.71. The van der Waals surface area contributed by atoms with Gasteiger partial charge in [0.15, 0.2) is 5.65 Å². The first-order valence-corrected chi connectivity index (χ1v) is 13.2. The van der Waals surface area contributed by atoms with Gasteiger partial charge in [-0.15, -0.1) is 0 Å². The van der Waals surface area contributed by atoms with Crippen LogP contribution in [0.2, 0.25) is 0 Å². The molecule has 6 rings (SSSR count). The Kier molecular flexibility index (Phi) is 7.58. The molecule has 2 aliphatic rings. The fourth-order valence-electron chi connectivity index (χ4n) is 4.86. The summed E-state index contributed by atoms with van der Waals surface area (Å²) in [5, 5.41) is 0. The highest BCUT2D eigenvalue weighted by Gasteiger charge is 2.26. The predicted octanol–water partition coefficient (Wildman–Crippen LogP) is 6.27. The van der Waals surface area contributed by atoms with Crippen LogP contribution in [-0.4, -0.2) is 25.6 Å². The van der Waals surface area contributed by atoms with E-state index < -0.39 is 0 Å². The second-order valence-electron chi connectivity index (χ2n) is 10.1. The Morgan fingerprint density at radius 2 is 1.81 bits per heavy atom. The Balaban J connectivity index is 0.000000301. The number of fused-ring (bicyclic) bond motifs is 1. The summed E-state index contributed by atoms with van der Waals surface area (Å²) in [6.45, 7) is 4.11. The second-order valence-corrected chi connectivity index (χ2v) is 10.1. The summed E-state index contributed by atoms with van der Waals surface area (Å²) in [7, 11) is 0. The molecule has 37 heavy (non-hydrogen) atoms. The van der Waals surface area contributed by atoms with E-state index in [1.165, 1.54) is 31.4 Å². The first kappa shape index (κ1) is 25.1. The summed E-state index contributed by atoms with van der Waals surface area (Å²) in [6.07, 6.45) is 11.7. The van der Waals surface area contributed by atoms with E-state index >= 15 is 0 Å². The van der Waals surface area contributed by atoms with Crippen molar-refractivity contribution in [3.63, 3.8) is 0 Å². The lowest BCUT2D eigenvalue weighted by molar-refractivity contribution is 0.297. The predicted molar refractivity (Wildman–Crippen MR) is 142 cm³/mol. The van der Waals surface area contributed by atoms with E-state index in [9.17, 15) is 9.18 Å². The summed E-state index contributed by atoms with van der Waals surface area (Å²) in [5.74, 6) is 0.907. The van der Waals surface area contributed by atoms with Gasteiger partial charge in [0.1, 0.15) is 22.8 Å². The van der Waals surface area contributed by atoms with Gasteiger partial charge in [0.05, 0.1) is 18.3 Å². The normalized spacial score (nSPS) is 15.8. The third-order valence-corrected chi connectivity index (χ3v) is 6.94. The van der Waals surface area contributed by atoms with Crippen molar-refractivity contribution in [3.8, 4) is 5.75 Å². The zero-order valence-corrected chi connectivity index (χ0v) is 21.5. The molecule has 6 nitrogen and oxygen atoms in total. The lowest BCUT2D eigenvalue weighted by Crippen LogP contribution is -2.28. The molecule has 2 fully saturated rings. The molecule has 0 atom stereocenters. The van der Waals surface area contributed by atoms with Crippen molar-refractivity contribution in [2.24, 2.45) is 0 Å². The average molecular weight is 501 g/mol. The maximum atomic E-state index is 13.6. The Morgan fingerprint density at radius 3 is 2.51 bits per heavy atom. The summed E-state index contributed by atoms with van der Waals surface area (Å²) in [5.41, 5.74) is 4.83. The van der Waals surface area contributed by atoms with Crippen molar-refractivity contribution in [2.45, 2.75) is 77.4 Å². The second kappa shape index (κ2) is 11.2. The average Bonchev–Trinajstić information content (AvgIpc) is 3.72. The highest BCUT2D eigenvalue weighted by atomic mass is 19.1. The monoisotopic (exact) mass is 500 g/mol. The summed E-state index contributed by atoms with van der Waals surface area (Å²) >= 11 is 0. The summed E-state index contributed by atoms with van der Waals surface area (Å²) in [4.78, 5) is 27.3. The zero-order valence-electron chi connectivity index (χ0n) is 21.5. The number of ether oxygens (including phenoxy) is 1. The van der Waals surface area contributed by atoms with Crippen LogP contribution in [0.5, 0.6) is 5.75 Å². The Bertz CT molecular complexity index is 1420. The minimum Gasteiger partial charge on any atom is -0.488 e. The van der Waals surface area contributed by atoms with E-state index in [0.29, 0.717) is 18.1 Å². The highest BCUT2D eigenvalue weighted by Crippen LogP contribution is 2.32. The van der Waals surface area contributed by atoms with Gasteiger partial charge in [0.2, 0.25) is 0 Å². The van der Waals surface area contributed by atoms with Gasteiger partial charge in [0.25, 0.3) is 5.56 Å². The smallest absolute Gasteiger partial charge is 0.256 e. The number of halogens is 1. The van der Waals surface area contributed by atoms with Crippen LogP contribution in [0.4, 0.5) is 4.39 Å². The van der Waals surface area contributed by atoms with Crippen molar-refractivity contribution < 1.29 is 9.13 Å². The molecule has 0 amide bonds. The minimum absolute atomic E-state index is 0.0346. The van der Waals surface area contributed by atoms with Gasteiger partial charge in [-0.2, -0.15) is 0 Å². The third kappa shape index (κ3) is 6.21. The minimum atomic E-state index is -0.162. The number of aryl methyl sites for hydroxylation is 2. The zero-order chi connectivity index (χ0) is 25.8. The lowest BCUT2D eigenvalue weighted by Gasteiger charge is -2.23. The van der Waals surface area contributed by atoms with Crippen LogP contribution in [0.25, 0.3) is 11.2 Å². The molecular weight excluding hydrogens is 467 g/mol. The number of pyridine rings is 2. The van der Waals surface area contributed by atoms with Gasteiger partial charge in [-0.25, -0.2) is 9.37 Å². The molecule has 0 N–H and O–H groups in total. The Labute approximate surface area is 216 Å². The molecule has 2 aliphatic carbocycles. The number of aromatic nitrogens is 4. The maximum Gasteiger partial charge on any atom is 0.256 e. The topological polar surface area (TPSA) is 69.9 Å². The van der Waals surface area contributed by atoms with Crippen molar-refractivity contribution in [1.29, 1.82) is 0 Å². The van der Waals surface area contributed by atoms with E-state index in [0.717, 1.165) is 59.5 Å². The van der Waals surface area contributed by atoms with Crippen molar-refractivity contribution >= 4 is 11.2 Å². The van der Waals surface area contributed by atoms with E-state index in [1.54, 1.807) is 23.0 Å². The molecule has 0 saturated heterocycles. The molecule has 4 aromatic rings. The fraction of sp³-hybridized carbons (Fsp3) is 0.400.